The highest BCUT2D eigenvalue weighted by Crippen LogP contribution is 2.29. The van der Waals surface area contributed by atoms with E-state index in [1.807, 2.05) is 60.3 Å². The fourth-order valence-corrected chi connectivity index (χ4v) is 2.99. The van der Waals surface area contributed by atoms with Crippen LogP contribution < -0.4 is 14.8 Å². The van der Waals surface area contributed by atoms with Crippen LogP contribution >= 0.6 is 0 Å². The van der Waals surface area contributed by atoms with Crippen LogP contribution in [0.4, 0.5) is 0 Å². The molecule has 1 aromatic heterocycles. The molecule has 0 saturated carbocycles. The van der Waals surface area contributed by atoms with Crippen LogP contribution in [0.15, 0.2) is 60.9 Å². The van der Waals surface area contributed by atoms with Crippen LogP contribution in [-0.2, 0) is 23.2 Å². The predicted molar refractivity (Wildman–Crippen MR) is 109 cm³/mol. The molecule has 0 aliphatic carbocycles. The summed E-state index contributed by atoms with van der Waals surface area (Å²) in [4.78, 5) is 17.0. The van der Waals surface area contributed by atoms with Crippen molar-refractivity contribution in [1.29, 1.82) is 0 Å². The minimum absolute atomic E-state index is 0.0586. The lowest BCUT2D eigenvalue weighted by molar-refractivity contribution is -0.126. The lowest BCUT2D eigenvalue weighted by Crippen LogP contribution is -2.33. The predicted octanol–water partition coefficient (Wildman–Crippen LogP) is 2.86. The molecule has 3 aromatic rings. The Morgan fingerprint density at radius 1 is 1.10 bits per heavy atom. The number of carbonyl (C=O) groups excluding carboxylic acids is 1. The SMILES string of the molecule is COc1cc(OC)cc(C(NC(=O)COCc2ccccc2)c2nccn2C)c1. The number of amides is 1. The van der Waals surface area contributed by atoms with Gasteiger partial charge in [-0.2, -0.15) is 0 Å². The summed E-state index contributed by atoms with van der Waals surface area (Å²) >= 11 is 0. The highest BCUT2D eigenvalue weighted by molar-refractivity contribution is 5.78. The van der Waals surface area contributed by atoms with Crippen LogP contribution in [0.3, 0.4) is 0 Å². The van der Waals surface area contributed by atoms with E-state index >= 15 is 0 Å². The first-order chi connectivity index (χ1) is 14.1. The molecule has 1 unspecified atom stereocenters. The number of hydrogen-bond acceptors (Lipinski definition) is 5. The second-order valence-electron chi connectivity index (χ2n) is 6.52. The highest BCUT2D eigenvalue weighted by atomic mass is 16.5. The fraction of sp³-hybridized carbons (Fsp3) is 0.273. The van der Waals surface area contributed by atoms with Gasteiger partial charge < -0.3 is 24.1 Å². The summed E-state index contributed by atoms with van der Waals surface area (Å²) in [5.41, 5.74) is 1.81. The van der Waals surface area contributed by atoms with Gasteiger partial charge in [-0.25, -0.2) is 4.98 Å². The maximum Gasteiger partial charge on any atom is 0.246 e. The van der Waals surface area contributed by atoms with Crippen molar-refractivity contribution in [2.45, 2.75) is 12.6 Å². The summed E-state index contributed by atoms with van der Waals surface area (Å²) in [6.45, 7) is 0.311. The minimum Gasteiger partial charge on any atom is -0.497 e. The second-order valence-corrected chi connectivity index (χ2v) is 6.52. The van der Waals surface area contributed by atoms with E-state index in [-0.39, 0.29) is 12.5 Å². The van der Waals surface area contributed by atoms with Crippen LogP contribution in [-0.4, -0.2) is 36.3 Å². The Kier molecular flexibility index (Phi) is 6.86. The molecule has 0 aliphatic heterocycles. The summed E-state index contributed by atoms with van der Waals surface area (Å²) < 4.78 is 18.2. The molecule has 1 amide bonds. The first kappa shape index (κ1) is 20.4. The van der Waals surface area contributed by atoms with Crippen LogP contribution in [0.1, 0.15) is 23.0 Å². The maximum absolute atomic E-state index is 12.6. The van der Waals surface area contributed by atoms with E-state index in [0.29, 0.717) is 23.9 Å². The Morgan fingerprint density at radius 3 is 2.38 bits per heavy atom. The summed E-state index contributed by atoms with van der Waals surface area (Å²) in [5.74, 6) is 1.72. The van der Waals surface area contributed by atoms with Gasteiger partial charge in [0.2, 0.25) is 5.91 Å². The quantitative estimate of drug-likeness (QED) is 0.603. The second kappa shape index (κ2) is 9.75. The van der Waals surface area contributed by atoms with E-state index in [1.54, 1.807) is 26.5 Å². The van der Waals surface area contributed by atoms with Gasteiger partial charge in [0, 0.05) is 25.5 Å². The third-order valence-electron chi connectivity index (χ3n) is 4.47. The van der Waals surface area contributed by atoms with Crippen LogP contribution in [0.25, 0.3) is 0 Å². The van der Waals surface area contributed by atoms with Crippen LogP contribution in [0.5, 0.6) is 11.5 Å². The van der Waals surface area contributed by atoms with Gasteiger partial charge in [-0.3, -0.25) is 4.79 Å². The molecule has 152 valence electrons. The van der Waals surface area contributed by atoms with Gasteiger partial charge in [-0.05, 0) is 23.3 Å². The summed E-state index contributed by atoms with van der Waals surface area (Å²) in [6.07, 6.45) is 3.52. The van der Waals surface area contributed by atoms with Gasteiger partial charge in [0.15, 0.2) is 0 Å². The number of methoxy groups -OCH3 is 2. The Hall–Kier alpha value is -3.32. The molecule has 0 saturated heterocycles. The number of rotatable bonds is 9. The molecule has 1 atom stereocenters. The van der Waals surface area contributed by atoms with Gasteiger partial charge in [0.1, 0.15) is 30.0 Å². The molecular weight excluding hydrogens is 370 g/mol. The van der Waals surface area contributed by atoms with Crippen LogP contribution in [0, 0.1) is 0 Å². The third kappa shape index (κ3) is 5.36. The Morgan fingerprint density at radius 2 is 1.79 bits per heavy atom. The number of benzene rings is 2. The van der Waals surface area contributed by atoms with Gasteiger partial charge in [0.05, 0.1) is 20.8 Å². The standard InChI is InChI=1S/C22H25N3O4/c1-25-10-9-23-22(25)21(17-11-18(27-2)13-19(12-17)28-3)24-20(26)15-29-14-16-7-5-4-6-8-16/h4-13,21H,14-15H2,1-3H3,(H,24,26). The van der Waals surface area contributed by atoms with E-state index in [9.17, 15) is 4.79 Å². The minimum atomic E-state index is -0.480. The molecular formula is C22H25N3O4. The Bertz CT molecular complexity index is 918. The molecule has 29 heavy (non-hydrogen) atoms. The molecule has 0 fully saturated rings. The largest absolute Gasteiger partial charge is 0.497 e. The van der Waals surface area contributed by atoms with Crippen molar-refractivity contribution < 1.29 is 19.0 Å². The molecule has 0 radical (unpaired) electrons. The van der Waals surface area contributed by atoms with E-state index in [0.717, 1.165) is 11.1 Å². The number of carbonyl (C=O) groups is 1. The number of nitrogens with one attached hydrogen (secondary N) is 1. The van der Waals surface area contributed by atoms with Crippen molar-refractivity contribution in [1.82, 2.24) is 14.9 Å². The van der Waals surface area contributed by atoms with E-state index in [1.165, 1.54) is 0 Å². The number of aryl methyl sites for hydroxylation is 1. The summed E-state index contributed by atoms with van der Waals surface area (Å²) in [5, 5.41) is 3.01. The van der Waals surface area contributed by atoms with Gasteiger partial charge in [0.25, 0.3) is 0 Å². The monoisotopic (exact) mass is 395 g/mol. The Balaban J connectivity index is 1.76. The number of nitrogens with zero attached hydrogens (tertiary/aromatic N) is 2. The van der Waals surface area contributed by atoms with E-state index in [4.69, 9.17) is 14.2 Å². The molecule has 1 N–H and O–H groups in total. The zero-order valence-electron chi connectivity index (χ0n) is 16.8. The van der Waals surface area contributed by atoms with E-state index in [2.05, 4.69) is 10.3 Å². The van der Waals surface area contributed by atoms with Crippen molar-refractivity contribution in [3.05, 3.63) is 77.9 Å². The summed E-state index contributed by atoms with van der Waals surface area (Å²) in [7, 11) is 5.06. The van der Waals surface area contributed by atoms with Crippen molar-refractivity contribution in [3.63, 3.8) is 0 Å². The van der Waals surface area contributed by atoms with E-state index < -0.39 is 6.04 Å². The fourth-order valence-electron chi connectivity index (χ4n) is 2.99. The molecule has 3 rings (SSSR count). The first-order valence-corrected chi connectivity index (χ1v) is 9.22. The maximum atomic E-state index is 12.6. The first-order valence-electron chi connectivity index (χ1n) is 9.22. The topological polar surface area (TPSA) is 74.6 Å². The average Bonchev–Trinajstić information content (AvgIpc) is 3.17. The van der Waals surface area contributed by atoms with Gasteiger partial charge in [-0.15, -0.1) is 0 Å². The van der Waals surface area contributed by atoms with Crippen molar-refractivity contribution in [2.75, 3.05) is 20.8 Å². The van der Waals surface area contributed by atoms with Crippen molar-refractivity contribution >= 4 is 5.91 Å². The van der Waals surface area contributed by atoms with Crippen molar-refractivity contribution in [3.8, 4) is 11.5 Å². The van der Waals surface area contributed by atoms with Crippen LogP contribution in [0.2, 0.25) is 0 Å². The zero-order valence-corrected chi connectivity index (χ0v) is 16.8. The molecule has 0 aliphatic rings. The molecule has 0 spiro atoms. The smallest absolute Gasteiger partial charge is 0.246 e. The van der Waals surface area contributed by atoms with Gasteiger partial charge in [-0.1, -0.05) is 30.3 Å². The normalized spacial score (nSPS) is 11.7. The molecule has 1 heterocycles. The molecule has 0 bridgehead atoms. The highest BCUT2D eigenvalue weighted by Gasteiger charge is 2.22. The molecule has 2 aromatic carbocycles. The van der Waals surface area contributed by atoms with Gasteiger partial charge >= 0.3 is 0 Å². The number of aromatic nitrogens is 2. The average molecular weight is 395 g/mol. The zero-order chi connectivity index (χ0) is 20.6. The molecule has 7 heteroatoms. The Labute approximate surface area is 170 Å². The summed E-state index contributed by atoms with van der Waals surface area (Å²) in [6, 6.07) is 14.7. The lowest BCUT2D eigenvalue weighted by Gasteiger charge is -2.20. The van der Waals surface area contributed by atoms with Crippen molar-refractivity contribution in [2.24, 2.45) is 7.05 Å². The molecule has 7 nitrogen and oxygen atoms in total. The number of imidazole rings is 1. The third-order valence-corrected chi connectivity index (χ3v) is 4.47. The number of ether oxygens (including phenoxy) is 3. The lowest BCUT2D eigenvalue weighted by atomic mass is 10.0. The number of hydrogen-bond donors (Lipinski definition) is 1.